The second kappa shape index (κ2) is 4.35. The van der Waals surface area contributed by atoms with Crippen LogP contribution >= 0.6 is 0 Å². The predicted octanol–water partition coefficient (Wildman–Crippen LogP) is 2.54. The number of hydrogen-bond donors (Lipinski definition) is 0. The molecule has 17 heavy (non-hydrogen) atoms. The van der Waals surface area contributed by atoms with Crippen molar-refractivity contribution in [2.45, 2.75) is 25.4 Å². The Kier molecular flexibility index (Phi) is 3.04. The van der Waals surface area contributed by atoms with E-state index in [2.05, 4.69) is 9.72 Å². The van der Waals surface area contributed by atoms with E-state index < -0.39 is 12.8 Å². The molecule has 0 spiro atoms. The van der Waals surface area contributed by atoms with Gasteiger partial charge in [-0.3, -0.25) is 4.79 Å². The van der Waals surface area contributed by atoms with Crippen molar-refractivity contribution in [1.82, 2.24) is 4.98 Å². The van der Waals surface area contributed by atoms with Crippen LogP contribution in [0.2, 0.25) is 0 Å². The van der Waals surface area contributed by atoms with Gasteiger partial charge in [-0.25, -0.2) is 4.98 Å². The van der Waals surface area contributed by atoms with Crippen LogP contribution in [0.1, 0.15) is 28.9 Å². The van der Waals surface area contributed by atoms with Crippen molar-refractivity contribution >= 4 is 5.78 Å². The molecule has 92 valence electrons. The fourth-order valence-corrected chi connectivity index (χ4v) is 1.73. The minimum atomic E-state index is -4.37. The minimum Gasteiger partial charge on any atom is -0.482 e. The minimum absolute atomic E-state index is 0.0516. The van der Waals surface area contributed by atoms with Crippen LogP contribution in [0, 0.1) is 0 Å². The number of alkyl halides is 3. The fourth-order valence-electron chi connectivity index (χ4n) is 1.73. The number of nitrogens with zero attached hydrogens (tertiary/aromatic N) is 1. The molecule has 0 N–H and O–H groups in total. The lowest BCUT2D eigenvalue weighted by atomic mass is 9.95. The Balaban J connectivity index is 2.14. The van der Waals surface area contributed by atoms with E-state index in [1.807, 2.05) is 0 Å². The largest absolute Gasteiger partial charge is 0.482 e. The molecular weight excluding hydrogens is 235 g/mol. The molecule has 0 saturated carbocycles. The number of carbonyl (C=O) groups is 1. The first-order valence-electron chi connectivity index (χ1n) is 5.17. The number of halogens is 3. The zero-order valence-electron chi connectivity index (χ0n) is 8.88. The molecule has 0 fully saturated rings. The number of Topliss-reactive ketones (excluding diaryl/α,β-unsaturated/α-hetero) is 1. The predicted molar refractivity (Wildman–Crippen MR) is 53.1 cm³/mol. The van der Waals surface area contributed by atoms with Crippen molar-refractivity contribution in [2.75, 3.05) is 6.61 Å². The molecule has 2 rings (SSSR count). The van der Waals surface area contributed by atoms with Gasteiger partial charge in [0.25, 0.3) is 0 Å². The molecule has 3 nitrogen and oxygen atoms in total. The second-order valence-electron chi connectivity index (χ2n) is 3.86. The van der Waals surface area contributed by atoms with Crippen molar-refractivity contribution in [1.29, 1.82) is 0 Å². The third kappa shape index (κ3) is 2.95. The second-order valence-corrected chi connectivity index (χ2v) is 3.86. The fraction of sp³-hybridized carbons (Fsp3) is 0.455. The highest BCUT2D eigenvalue weighted by atomic mass is 19.4. The Morgan fingerprint density at radius 2 is 2.12 bits per heavy atom. The Labute approximate surface area is 95.6 Å². The summed E-state index contributed by atoms with van der Waals surface area (Å²) in [4.78, 5) is 15.3. The molecule has 0 atom stereocenters. The van der Waals surface area contributed by atoms with Crippen LogP contribution in [0.25, 0.3) is 0 Å². The highest BCUT2D eigenvalue weighted by Gasteiger charge is 2.28. The number of pyridine rings is 1. The first-order valence-corrected chi connectivity index (χ1v) is 5.17. The Morgan fingerprint density at radius 3 is 2.82 bits per heavy atom. The maximum atomic E-state index is 11.9. The van der Waals surface area contributed by atoms with Crippen LogP contribution in [0.4, 0.5) is 13.2 Å². The third-order valence-corrected chi connectivity index (χ3v) is 2.46. The highest BCUT2D eigenvalue weighted by Crippen LogP contribution is 2.24. The molecule has 6 heteroatoms. The zero-order chi connectivity index (χ0) is 12.5. The van der Waals surface area contributed by atoms with Gasteiger partial charge in [-0.1, -0.05) is 0 Å². The van der Waals surface area contributed by atoms with Gasteiger partial charge >= 0.3 is 6.18 Å². The van der Waals surface area contributed by atoms with Crippen molar-refractivity contribution in [3.8, 4) is 5.75 Å². The number of ether oxygens (including phenoxy) is 1. The number of rotatable bonds is 2. The molecule has 0 bridgehead atoms. The maximum absolute atomic E-state index is 11.9. The van der Waals surface area contributed by atoms with Crippen LogP contribution in [0.3, 0.4) is 0 Å². The van der Waals surface area contributed by atoms with Crippen molar-refractivity contribution < 1.29 is 22.7 Å². The van der Waals surface area contributed by atoms with Crippen LogP contribution in [-0.2, 0) is 6.42 Å². The quantitative estimate of drug-likeness (QED) is 0.803. The summed E-state index contributed by atoms with van der Waals surface area (Å²) in [5.74, 6) is -0.00982. The molecule has 1 heterocycles. The summed E-state index contributed by atoms with van der Waals surface area (Å²) in [7, 11) is 0. The van der Waals surface area contributed by atoms with Crippen molar-refractivity contribution in [2.24, 2.45) is 0 Å². The monoisotopic (exact) mass is 245 g/mol. The van der Waals surface area contributed by atoms with Crippen LogP contribution in [-0.4, -0.2) is 23.6 Å². The molecule has 1 aliphatic rings. The number of hydrogen-bond acceptors (Lipinski definition) is 3. The maximum Gasteiger partial charge on any atom is 0.422 e. The van der Waals surface area contributed by atoms with E-state index in [9.17, 15) is 18.0 Å². The van der Waals surface area contributed by atoms with Gasteiger partial charge in [-0.05, 0) is 24.5 Å². The van der Waals surface area contributed by atoms with Gasteiger partial charge in [-0.15, -0.1) is 0 Å². The van der Waals surface area contributed by atoms with E-state index in [-0.39, 0.29) is 11.5 Å². The van der Waals surface area contributed by atoms with Gasteiger partial charge < -0.3 is 4.74 Å². The van der Waals surface area contributed by atoms with Gasteiger partial charge in [0.1, 0.15) is 11.4 Å². The third-order valence-electron chi connectivity index (χ3n) is 2.46. The van der Waals surface area contributed by atoms with E-state index in [4.69, 9.17) is 0 Å². The number of carbonyl (C=O) groups excluding carboxylic acids is 1. The van der Waals surface area contributed by atoms with Gasteiger partial charge in [0.2, 0.25) is 0 Å². The zero-order valence-corrected chi connectivity index (χ0v) is 8.88. The average molecular weight is 245 g/mol. The molecule has 0 radical (unpaired) electrons. The molecule has 1 aromatic rings. The highest BCUT2D eigenvalue weighted by molar-refractivity contribution is 5.96. The average Bonchev–Trinajstić information content (AvgIpc) is 2.26. The van der Waals surface area contributed by atoms with E-state index in [0.29, 0.717) is 30.5 Å². The summed E-state index contributed by atoms with van der Waals surface area (Å²) < 4.78 is 40.4. The van der Waals surface area contributed by atoms with Crippen LogP contribution < -0.4 is 4.74 Å². The summed E-state index contributed by atoms with van der Waals surface area (Å²) in [6, 6.07) is 1.46. The summed E-state index contributed by atoms with van der Waals surface area (Å²) >= 11 is 0. The first-order chi connectivity index (χ1) is 7.96. The lowest BCUT2D eigenvalue weighted by molar-refractivity contribution is -0.153. The van der Waals surface area contributed by atoms with Gasteiger partial charge in [-0.2, -0.15) is 13.2 Å². The number of aromatic nitrogens is 1. The van der Waals surface area contributed by atoms with Crippen LogP contribution in [0.5, 0.6) is 5.75 Å². The molecule has 0 amide bonds. The topological polar surface area (TPSA) is 39.2 Å². The van der Waals surface area contributed by atoms with Crippen molar-refractivity contribution in [3.05, 3.63) is 23.5 Å². The van der Waals surface area contributed by atoms with E-state index in [0.717, 1.165) is 6.20 Å². The van der Waals surface area contributed by atoms with Crippen LogP contribution in [0.15, 0.2) is 12.3 Å². The molecule has 1 aromatic heterocycles. The molecule has 1 aliphatic carbocycles. The van der Waals surface area contributed by atoms with E-state index >= 15 is 0 Å². The summed E-state index contributed by atoms with van der Waals surface area (Å²) in [6.07, 6.45) is -1.41. The Hall–Kier alpha value is -1.59. The number of fused-ring (bicyclic) bond motifs is 1. The summed E-state index contributed by atoms with van der Waals surface area (Å²) in [5.41, 5.74) is 1.02. The smallest absolute Gasteiger partial charge is 0.422 e. The van der Waals surface area contributed by atoms with Gasteiger partial charge in [0.15, 0.2) is 12.4 Å². The standard InChI is InChI=1S/C11H10F3NO2/c12-11(13,14)6-17-8-4-7-2-1-3-9(16)10(7)15-5-8/h4-5H,1-3,6H2. The van der Waals surface area contributed by atoms with Gasteiger partial charge in [0, 0.05) is 6.42 Å². The molecule has 0 aromatic carbocycles. The van der Waals surface area contributed by atoms with Gasteiger partial charge in [0.05, 0.1) is 6.20 Å². The SMILES string of the molecule is O=C1CCCc2cc(OCC(F)(F)F)cnc21. The van der Waals surface area contributed by atoms with E-state index in [1.165, 1.54) is 6.07 Å². The Bertz CT molecular complexity index is 443. The number of ketones is 1. The molecule has 0 unspecified atom stereocenters. The summed E-state index contributed by atoms with van der Waals surface area (Å²) in [5, 5.41) is 0. The lowest BCUT2D eigenvalue weighted by Crippen LogP contribution is -2.20. The molecule has 0 saturated heterocycles. The molecular formula is C11H10F3NO2. The first kappa shape index (κ1) is 11.9. The lowest BCUT2D eigenvalue weighted by Gasteiger charge is -2.15. The van der Waals surface area contributed by atoms with E-state index in [1.54, 1.807) is 0 Å². The van der Waals surface area contributed by atoms with Crippen molar-refractivity contribution in [3.63, 3.8) is 0 Å². The summed E-state index contributed by atoms with van der Waals surface area (Å²) in [6.45, 7) is -1.35. The number of aryl methyl sites for hydroxylation is 1. The normalized spacial score (nSPS) is 15.6. The Morgan fingerprint density at radius 1 is 1.35 bits per heavy atom. The molecule has 0 aliphatic heterocycles.